The van der Waals surface area contributed by atoms with Gasteiger partial charge in [0.1, 0.15) is 0 Å². The van der Waals surface area contributed by atoms with Crippen LogP contribution < -0.4 is 5.73 Å². The number of nitrogens with one attached hydrogen (secondary N) is 1. The first kappa shape index (κ1) is 8.49. The van der Waals surface area contributed by atoms with Gasteiger partial charge in [0.2, 0.25) is 0 Å². The molecule has 1 saturated heterocycles. The van der Waals surface area contributed by atoms with Crippen molar-refractivity contribution >= 4 is 5.84 Å². The van der Waals surface area contributed by atoms with Crippen LogP contribution in [0.15, 0.2) is 0 Å². The summed E-state index contributed by atoms with van der Waals surface area (Å²) < 4.78 is 0. The van der Waals surface area contributed by atoms with Crippen molar-refractivity contribution < 1.29 is 4.84 Å². The molecule has 0 amide bonds. The molecule has 4 nitrogen and oxygen atoms in total. The summed E-state index contributed by atoms with van der Waals surface area (Å²) in [5.41, 5.74) is 5.21. The Morgan fingerprint density at radius 1 is 1.55 bits per heavy atom. The van der Waals surface area contributed by atoms with Gasteiger partial charge in [0.05, 0.1) is 12.4 Å². The Kier molecular flexibility index (Phi) is 3.32. The Hall–Kier alpha value is -0.610. The fraction of sp³-hybridized carbons (Fsp3) is 0.857. The molecule has 64 valence electrons. The minimum absolute atomic E-state index is 0.235. The second-order valence-electron chi connectivity index (χ2n) is 2.74. The minimum Gasteiger partial charge on any atom is -0.388 e. The van der Waals surface area contributed by atoms with Crippen LogP contribution in [0.3, 0.4) is 0 Å². The maximum absolute atomic E-state index is 7.01. The van der Waals surface area contributed by atoms with Crippen molar-refractivity contribution in [2.45, 2.75) is 19.3 Å². The van der Waals surface area contributed by atoms with Crippen molar-refractivity contribution in [1.82, 2.24) is 5.06 Å². The molecule has 0 aromatic carbocycles. The van der Waals surface area contributed by atoms with E-state index in [9.17, 15) is 0 Å². The van der Waals surface area contributed by atoms with Crippen molar-refractivity contribution in [1.29, 1.82) is 5.41 Å². The molecule has 0 spiro atoms. The van der Waals surface area contributed by atoms with Crippen LogP contribution in [0, 0.1) is 5.41 Å². The molecule has 0 atom stereocenters. The standard InChI is InChI=1S/C7H15N3O/c8-7(9)3-5-10-4-1-2-6-11-10/h1-6H2,(H3,8,9). The fourth-order valence-electron chi connectivity index (χ4n) is 1.07. The zero-order chi connectivity index (χ0) is 8.10. The summed E-state index contributed by atoms with van der Waals surface area (Å²) in [6, 6.07) is 0. The van der Waals surface area contributed by atoms with Crippen molar-refractivity contribution in [2.24, 2.45) is 5.73 Å². The molecule has 0 aliphatic carbocycles. The first-order valence-corrected chi connectivity index (χ1v) is 4.00. The molecule has 4 heteroatoms. The van der Waals surface area contributed by atoms with E-state index in [1.165, 1.54) is 6.42 Å². The number of hydrogen-bond donors (Lipinski definition) is 2. The topological polar surface area (TPSA) is 62.3 Å². The summed E-state index contributed by atoms with van der Waals surface area (Å²) in [5.74, 6) is 0.235. The van der Waals surface area contributed by atoms with Gasteiger partial charge in [-0.2, -0.15) is 5.06 Å². The highest BCUT2D eigenvalue weighted by atomic mass is 16.7. The second-order valence-corrected chi connectivity index (χ2v) is 2.74. The van der Waals surface area contributed by atoms with E-state index in [1.807, 2.05) is 5.06 Å². The number of nitrogens with two attached hydrogens (primary N) is 1. The van der Waals surface area contributed by atoms with Crippen molar-refractivity contribution in [2.75, 3.05) is 19.7 Å². The average molecular weight is 157 g/mol. The van der Waals surface area contributed by atoms with E-state index in [-0.39, 0.29) is 5.84 Å². The van der Waals surface area contributed by atoms with E-state index in [0.29, 0.717) is 6.42 Å². The normalized spacial score (nSPS) is 20.0. The average Bonchev–Trinajstić information content (AvgIpc) is 2.03. The number of nitrogens with zero attached hydrogens (tertiary/aromatic N) is 1. The first-order chi connectivity index (χ1) is 5.29. The van der Waals surface area contributed by atoms with E-state index >= 15 is 0 Å². The van der Waals surface area contributed by atoms with Gasteiger partial charge in [0, 0.05) is 19.5 Å². The van der Waals surface area contributed by atoms with Crippen LogP contribution in [0.4, 0.5) is 0 Å². The number of hydroxylamine groups is 2. The lowest BCUT2D eigenvalue weighted by Crippen LogP contribution is -2.32. The Morgan fingerprint density at radius 3 is 2.91 bits per heavy atom. The molecular formula is C7H15N3O. The van der Waals surface area contributed by atoms with Gasteiger partial charge in [-0.25, -0.2) is 0 Å². The van der Waals surface area contributed by atoms with E-state index in [0.717, 1.165) is 26.1 Å². The van der Waals surface area contributed by atoms with Crippen LogP contribution in [0.1, 0.15) is 19.3 Å². The van der Waals surface area contributed by atoms with E-state index < -0.39 is 0 Å². The highest BCUT2D eigenvalue weighted by Gasteiger charge is 2.09. The zero-order valence-electron chi connectivity index (χ0n) is 6.68. The lowest BCUT2D eigenvalue weighted by Gasteiger charge is -2.25. The van der Waals surface area contributed by atoms with Crippen LogP contribution in [0.2, 0.25) is 0 Å². The third-order valence-electron chi connectivity index (χ3n) is 1.71. The highest BCUT2D eigenvalue weighted by Crippen LogP contribution is 2.05. The van der Waals surface area contributed by atoms with Crippen LogP contribution >= 0.6 is 0 Å². The highest BCUT2D eigenvalue weighted by molar-refractivity contribution is 5.76. The second kappa shape index (κ2) is 4.31. The Bertz CT molecular complexity index is 132. The van der Waals surface area contributed by atoms with E-state index in [1.54, 1.807) is 0 Å². The maximum atomic E-state index is 7.01. The molecule has 1 aliphatic rings. The molecule has 0 aromatic rings. The maximum Gasteiger partial charge on any atom is 0.0919 e. The van der Waals surface area contributed by atoms with Crippen molar-refractivity contribution in [3.63, 3.8) is 0 Å². The molecule has 0 saturated carbocycles. The van der Waals surface area contributed by atoms with Crippen LogP contribution in [-0.2, 0) is 4.84 Å². The van der Waals surface area contributed by atoms with Crippen LogP contribution in [0.25, 0.3) is 0 Å². The number of hydrogen-bond acceptors (Lipinski definition) is 3. The van der Waals surface area contributed by atoms with Gasteiger partial charge in [0.15, 0.2) is 0 Å². The molecule has 1 heterocycles. The summed E-state index contributed by atoms with van der Waals surface area (Å²) in [4.78, 5) is 5.31. The molecule has 1 rings (SSSR count). The molecule has 0 radical (unpaired) electrons. The predicted octanol–water partition coefficient (Wildman–Crippen LogP) is 0.340. The smallest absolute Gasteiger partial charge is 0.0919 e. The summed E-state index contributed by atoms with van der Waals surface area (Å²) in [6.07, 6.45) is 2.95. The molecular weight excluding hydrogens is 142 g/mol. The summed E-state index contributed by atoms with van der Waals surface area (Å²) in [5, 5.41) is 8.90. The molecule has 0 bridgehead atoms. The zero-order valence-corrected chi connectivity index (χ0v) is 6.68. The van der Waals surface area contributed by atoms with Gasteiger partial charge in [-0.3, -0.25) is 10.2 Å². The van der Waals surface area contributed by atoms with Crippen LogP contribution in [0.5, 0.6) is 0 Å². The van der Waals surface area contributed by atoms with Gasteiger partial charge in [-0.1, -0.05) is 0 Å². The summed E-state index contributed by atoms with van der Waals surface area (Å²) >= 11 is 0. The van der Waals surface area contributed by atoms with Gasteiger partial charge < -0.3 is 5.73 Å². The van der Waals surface area contributed by atoms with Crippen molar-refractivity contribution in [3.8, 4) is 0 Å². The molecule has 3 N–H and O–H groups in total. The van der Waals surface area contributed by atoms with Crippen molar-refractivity contribution in [3.05, 3.63) is 0 Å². The molecule has 1 fully saturated rings. The van der Waals surface area contributed by atoms with Gasteiger partial charge in [0.25, 0.3) is 0 Å². The third-order valence-corrected chi connectivity index (χ3v) is 1.71. The monoisotopic (exact) mass is 157 g/mol. The quantitative estimate of drug-likeness (QED) is 0.458. The Balaban J connectivity index is 2.09. The predicted molar refractivity (Wildman–Crippen MR) is 43.3 cm³/mol. The van der Waals surface area contributed by atoms with Gasteiger partial charge >= 0.3 is 0 Å². The summed E-state index contributed by atoms with van der Waals surface area (Å²) in [7, 11) is 0. The molecule has 0 aromatic heterocycles. The minimum atomic E-state index is 0.235. The number of rotatable bonds is 3. The lowest BCUT2D eigenvalue weighted by atomic mass is 10.3. The van der Waals surface area contributed by atoms with E-state index in [2.05, 4.69) is 0 Å². The lowest BCUT2D eigenvalue weighted by molar-refractivity contribution is -0.178. The first-order valence-electron chi connectivity index (χ1n) is 4.00. The fourth-order valence-corrected chi connectivity index (χ4v) is 1.07. The van der Waals surface area contributed by atoms with Gasteiger partial charge in [-0.15, -0.1) is 0 Å². The van der Waals surface area contributed by atoms with E-state index in [4.69, 9.17) is 16.0 Å². The molecule has 11 heavy (non-hydrogen) atoms. The van der Waals surface area contributed by atoms with Gasteiger partial charge in [-0.05, 0) is 12.8 Å². The molecule has 0 unspecified atom stereocenters. The molecule has 1 aliphatic heterocycles. The Labute approximate surface area is 66.8 Å². The third kappa shape index (κ3) is 3.34. The SMILES string of the molecule is N=C(N)CCN1CCCCO1. The summed E-state index contributed by atoms with van der Waals surface area (Å²) in [6.45, 7) is 2.56. The Morgan fingerprint density at radius 2 is 2.36 bits per heavy atom. The number of amidine groups is 1. The largest absolute Gasteiger partial charge is 0.388 e. The van der Waals surface area contributed by atoms with Crippen LogP contribution in [-0.4, -0.2) is 30.6 Å².